The van der Waals surface area contributed by atoms with Crippen molar-refractivity contribution in [2.24, 2.45) is 0 Å². The monoisotopic (exact) mass is 678 g/mol. The van der Waals surface area contributed by atoms with Crippen molar-refractivity contribution >= 4 is 0 Å². The van der Waals surface area contributed by atoms with E-state index in [-0.39, 0.29) is 6.61 Å². The molecule has 0 radical (unpaired) electrons. The number of hydrogen-bond donors (Lipinski definition) is 12. The molecule has 0 aromatic rings. The van der Waals surface area contributed by atoms with Gasteiger partial charge in [0.1, 0.15) is 91.6 Å². The van der Waals surface area contributed by atoms with E-state index in [1.807, 2.05) is 0 Å². The molecule has 20 heteroatoms. The third-order valence-corrected chi connectivity index (χ3v) is 8.48. The van der Waals surface area contributed by atoms with Crippen molar-refractivity contribution in [2.75, 3.05) is 26.4 Å². The van der Waals surface area contributed by atoms with Crippen LogP contribution >= 0.6 is 0 Å². The van der Waals surface area contributed by atoms with E-state index in [2.05, 4.69) is 0 Å². The zero-order valence-corrected chi connectivity index (χ0v) is 25.0. The van der Waals surface area contributed by atoms with E-state index in [1.54, 1.807) is 6.92 Å². The second kappa shape index (κ2) is 16.3. The Balaban J connectivity index is 1.58. The van der Waals surface area contributed by atoms with Gasteiger partial charge in [-0.05, 0) is 13.8 Å². The van der Waals surface area contributed by atoms with Crippen molar-refractivity contribution < 1.29 is 99.2 Å². The molecule has 8 unspecified atom stereocenters. The summed E-state index contributed by atoms with van der Waals surface area (Å²) in [7, 11) is 0. The zero-order chi connectivity index (χ0) is 34.0. The van der Waals surface area contributed by atoms with Gasteiger partial charge in [-0.1, -0.05) is 0 Å². The first-order valence-corrected chi connectivity index (χ1v) is 14.9. The molecule has 0 saturated carbocycles. The highest BCUT2D eigenvalue weighted by molar-refractivity contribution is 4.97. The van der Waals surface area contributed by atoms with Gasteiger partial charge < -0.3 is 99.2 Å². The van der Waals surface area contributed by atoms with Crippen LogP contribution in [0.2, 0.25) is 0 Å². The fourth-order valence-electron chi connectivity index (χ4n) is 5.74. The Morgan fingerprint density at radius 3 is 1.43 bits per heavy atom. The highest BCUT2D eigenvalue weighted by Gasteiger charge is 2.55. The number of aliphatic hydroxyl groups excluding tert-OH is 12. The normalized spacial score (nSPS) is 52.0. The molecule has 0 amide bonds. The Labute approximate surface area is 262 Å². The highest BCUT2D eigenvalue weighted by atomic mass is 16.8. The van der Waals surface area contributed by atoms with Crippen molar-refractivity contribution in [1.82, 2.24) is 0 Å². The van der Waals surface area contributed by atoms with Gasteiger partial charge >= 0.3 is 0 Å². The number of rotatable bonds is 11. The summed E-state index contributed by atoms with van der Waals surface area (Å²) in [6, 6.07) is 0. The molecule has 20 nitrogen and oxygen atoms in total. The lowest BCUT2D eigenvalue weighted by Crippen LogP contribution is -2.67. The maximum atomic E-state index is 11.2. The predicted molar refractivity (Wildman–Crippen MR) is 142 cm³/mol. The largest absolute Gasteiger partial charge is 0.394 e. The van der Waals surface area contributed by atoms with Gasteiger partial charge in [-0.2, -0.15) is 0 Å². The molecular formula is C26H46O20. The van der Waals surface area contributed by atoms with Gasteiger partial charge in [-0.3, -0.25) is 0 Å². The topological polar surface area (TPSA) is 317 Å². The Kier molecular flexibility index (Phi) is 13.4. The van der Waals surface area contributed by atoms with E-state index in [9.17, 15) is 61.3 Å². The second-order valence-corrected chi connectivity index (χ2v) is 11.6. The summed E-state index contributed by atoms with van der Waals surface area (Å²) in [5, 5.41) is 125. The van der Waals surface area contributed by atoms with E-state index < -0.39 is 143 Å². The average molecular weight is 679 g/mol. The maximum Gasteiger partial charge on any atom is 0.187 e. The molecular weight excluding hydrogens is 632 g/mol. The van der Waals surface area contributed by atoms with Crippen LogP contribution in [0.3, 0.4) is 0 Å². The first-order valence-electron chi connectivity index (χ1n) is 14.9. The molecule has 270 valence electrons. The first kappa shape index (κ1) is 38.0. The molecule has 0 aromatic heterocycles. The number of aliphatic hydroxyl groups is 12. The number of ether oxygens (including phenoxy) is 8. The van der Waals surface area contributed by atoms with E-state index in [0.717, 1.165) is 0 Å². The molecule has 0 aliphatic carbocycles. The van der Waals surface area contributed by atoms with E-state index in [1.165, 1.54) is 6.92 Å². The van der Waals surface area contributed by atoms with Crippen LogP contribution < -0.4 is 0 Å². The van der Waals surface area contributed by atoms with Crippen LogP contribution in [0.15, 0.2) is 0 Å². The minimum absolute atomic E-state index is 0.137. The molecule has 4 rings (SSSR count). The molecule has 0 spiro atoms. The van der Waals surface area contributed by atoms with Gasteiger partial charge in [0.2, 0.25) is 0 Å². The summed E-state index contributed by atoms with van der Waals surface area (Å²) < 4.78 is 44.4. The van der Waals surface area contributed by atoms with Gasteiger partial charge in [0.05, 0.1) is 25.9 Å². The molecule has 4 heterocycles. The van der Waals surface area contributed by atoms with Crippen molar-refractivity contribution in [1.29, 1.82) is 0 Å². The lowest BCUT2D eigenvalue weighted by molar-refractivity contribution is -0.396. The smallest absolute Gasteiger partial charge is 0.187 e. The molecule has 0 bridgehead atoms. The van der Waals surface area contributed by atoms with Crippen molar-refractivity contribution in [3.8, 4) is 0 Å². The fraction of sp³-hybridized carbons (Fsp3) is 1.00. The summed E-state index contributed by atoms with van der Waals surface area (Å²) in [6.45, 7) is 0.752. The summed E-state index contributed by atoms with van der Waals surface area (Å²) in [6.07, 6.45) is -33.4. The fourth-order valence-corrected chi connectivity index (χ4v) is 5.74. The van der Waals surface area contributed by atoms with E-state index >= 15 is 0 Å². The molecule has 20 atom stereocenters. The van der Waals surface area contributed by atoms with Gasteiger partial charge in [-0.15, -0.1) is 0 Å². The lowest BCUT2D eigenvalue weighted by Gasteiger charge is -2.49. The van der Waals surface area contributed by atoms with Gasteiger partial charge in [0.25, 0.3) is 0 Å². The lowest BCUT2D eigenvalue weighted by atomic mass is 9.95. The summed E-state index contributed by atoms with van der Waals surface area (Å²) >= 11 is 0. The zero-order valence-electron chi connectivity index (χ0n) is 25.0. The molecule has 4 aliphatic rings. The predicted octanol–water partition coefficient (Wildman–Crippen LogP) is -7.68. The van der Waals surface area contributed by atoms with Crippen molar-refractivity contribution in [3.63, 3.8) is 0 Å². The Morgan fingerprint density at radius 2 is 0.870 bits per heavy atom. The Bertz CT molecular complexity index is 932. The molecule has 46 heavy (non-hydrogen) atoms. The van der Waals surface area contributed by atoms with E-state index in [4.69, 9.17) is 37.9 Å². The van der Waals surface area contributed by atoms with Crippen LogP contribution in [0.25, 0.3) is 0 Å². The minimum atomic E-state index is -1.96. The average Bonchev–Trinajstić information content (AvgIpc) is 3.04. The van der Waals surface area contributed by atoms with Crippen molar-refractivity contribution in [3.05, 3.63) is 0 Å². The third kappa shape index (κ3) is 7.66. The highest BCUT2D eigenvalue weighted by Crippen LogP contribution is 2.34. The van der Waals surface area contributed by atoms with E-state index in [0.29, 0.717) is 0 Å². The molecule has 4 fully saturated rings. The molecule has 4 aliphatic heterocycles. The van der Waals surface area contributed by atoms with Crippen LogP contribution in [0.1, 0.15) is 13.8 Å². The SMILES string of the molecule is CCO[C@@H]1OC(C)[C@H](O)[C@H](O[C@@H]2OC(CO)[C@@H](O)C(O[C@@H]3OC(CO)[C@@H](O)C(O)[C@H]3O[C@H]3OC(CO)[C@@H](O)[C@H](O)C3O)[C@H]2O)C1O. The summed E-state index contributed by atoms with van der Waals surface area (Å²) in [4.78, 5) is 0. The van der Waals surface area contributed by atoms with Crippen LogP contribution in [0.5, 0.6) is 0 Å². The minimum Gasteiger partial charge on any atom is -0.394 e. The molecule has 12 N–H and O–H groups in total. The van der Waals surface area contributed by atoms with Crippen LogP contribution in [0, 0.1) is 0 Å². The maximum absolute atomic E-state index is 11.2. The Morgan fingerprint density at radius 1 is 0.435 bits per heavy atom. The van der Waals surface area contributed by atoms with Gasteiger partial charge in [0.15, 0.2) is 25.2 Å². The molecule has 4 saturated heterocycles. The number of hydrogen-bond acceptors (Lipinski definition) is 20. The quantitative estimate of drug-likeness (QED) is 0.0965. The van der Waals surface area contributed by atoms with Crippen LogP contribution in [-0.2, 0) is 37.9 Å². The standard InChI is InChI=1S/C26H46O20/c1-3-39-23-18(37)20(11(30)7(2)40-23)44-25-19(38)21(14(33)10(6-29)42-25)45-26-22(16(35)13(32)9(5-28)43-26)46-24-17(36)15(34)12(31)8(4-27)41-24/h7-38H,3-6H2,1-2H3/t7?,8?,9?,10?,11-,12+,13+,14+,15-,16?,17?,18?,19+,20-,21?,22+,23+,24+,25-,26-/m0/s1. The summed E-state index contributed by atoms with van der Waals surface area (Å²) in [5.41, 5.74) is 0. The third-order valence-electron chi connectivity index (χ3n) is 8.48. The van der Waals surface area contributed by atoms with Gasteiger partial charge in [0, 0.05) is 6.61 Å². The van der Waals surface area contributed by atoms with Crippen LogP contribution in [0.4, 0.5) is 0 Å². The first-order chi connectivity index (χ1) is 21.8. The van der Waals surface area contributed by atoms with Crippen molar-refractivity contribution in [2.45, 2.75) is 137 Å². The Hall–Kier alpha value is -0.800. The second-order valence-electron chi connectivity index (χ2n) is 11.6. The van der Waals surface area contributed by atoms with Gasteiger partial charge in [-0.25, -0.2) is 0 Å². The summed E-state index contributed by atoms with van der Waals surface area (Å²) in [5.74, 6) is 0. The molecule has 0 aromatic carbocycles. The van der Waals surface area contributed by atoms with Crippen LogP contribution in [-0.4, -0.2) is 211 Å².